The molecule has 0 atom stereocenters. The van der Waals surface area contributed by atoms with Crippen LogP contribution in [0.1, 0.15) is 32.6 Å². The van der Waals surface area contributed by atoms with Crippen molar-refractivity contribution in [2.24, 2.45) is 16.0 Å². The highest BCUT2D eigenvalue weighted by Crippen LogP contribution is 2.38. The first-order chi connectivity index (χ1) is 15.3. The summed E-state index contributed by atoms with van der Waals surface area (Å²) in [5.41, 5.74) is 1.21. The second-order valence-electron chi connectivity index (χ2n) is 7.84. The summed E-state index contributed by atoms with van der Waals surface area (Å²) in [7, 11) is 0. The first-order valence-electron chi connectivity index (χ1n) is 10.3. The maximum Gasteiger partial charge on any atom is 0.255 e. The van der Waals surface area contributed by atoms with Crippen LogP contribution in [0.25, 0.3) is 0 Å². The van der Waals surface area contributed by atoms with E-state index >= 15 is 0 Å². The molecule has 8 nitrogen and oxygen atoms in total. The van der Waals surface area contributed by atoms with Gasteiger partial charge < -0.3 is 9.47 Å². The largest absolute Gasteiger partial charge is 0.436 e. The quantitative estimate of drug-likeness (QED) is 0.614. The van der Waals surface area contributed by atoms with Crippen LogP contribution in [-0.2, 0) is 19.1 Å². The molecule has 4 rings (SSSR count). The van der Waals surface area contributed by atoms with Gasteiger partial charge in [-0.1, -0.05) is 23.2 Å². The predicted molar refractivity (Wildman–Crippen MR) is 121 cm³/mol. The highest BCUT2D eigenvalue weighted by Gasteiger charge is 2.28. The van der Waals surface area contributed by atoms with Crippen molar-refractivity contribution in [3.05, 3.63) is 33.8 Å². The van der Waals surface area contributed by atoms with Gasteiger partial charge in [0.25, 0.3) is 5.91 Å². The molecule has 168 valence electrons. The summed E-state index contributed by atoms with van der Waals surface area (Å²) in [6.07, 6.45) is 3.85. The number of nitrogens with zero attached hydrogens (tertiary/aromatic N) is 3. The minimum absolute atomic E-state index is 0.00199. The van der Waals surface area contributed by atoms with Gasteiger partial charge in [0.2, 0.25) is 5.90 Å². The van der Waals surface area contributed by atoms with Crippen LogP contribution in [0.15, 0.2) is 33.9 Å². The van der Waals surface area contributed by atoms with Crippen molar-refractivity contribution in [3.8, 4) is 5.75 Å². The monoisotopic (exact) mass is 477 g/mol. The molecule has 0 aromatic heterocycles. The summed E-state index contributed by atoms with van der Waals surface area (Å²) in [6, 6.07) is 2.96. The topological polar surface area (TPSA) is 97.6 Å². The number of ketones is 2. The summed E-state index contributed by atoms with van der Waals surface area (Å²) >= 11 is 12.8. The molecule has 0 saturated carbocycles. The summed E-state index contributed by atoms with van der Waals surface area (Å²) in [6.45, 7) is 2.95. The number of halogens is 2. The highest BCUT2D eigenvalue weighted by molar-refractivity contribution is 6.44. The minimum atomic E-state index is -0.475. The van der Waals surface area contributed by atoms with Crippen molar-refractivity contribution in [2.75, 3.05) is 24.8 Å². The molecule has 1 amide bonds. The molecule has 1 saturated heterocycles. The van der Waals surface area contributed by atoms with Crippen LogP contribution >= 0.6 is 23.2 Å². The number of hydrazone groups is 1. The van der Waals surface area contributed by atoms with E-state index in [-0.39, 0.29) is 51.9 Å². The highest BCUT2D eigenvalue weighted by atomic mass is 35.5. The Hall–Kier alpha value is -2.55. The lowest BCUT2D eigenvalue weighted by molar-refractivity contribution is -0.124. The molecule has 0 bridgehead atoms. The standard InChI is InChI=1S/C22H21Cl2N3O5/c1-12-18(28)10-21(30)27(26-12)15-8-16(23)22(17(24)9-15)32-20-7-14(19(29)11-25-20)6-13-2-4-31-5-3-13/h7-9,13H,2-6,10-11H2,1H3. The molecular formula is C22H21Cl2N3O5. The molecule has 10 heteroatoms. The second kappa shape index (κ2) is 9.52. The van der Waals surface area contributed by atoms with E-state index in [4.69, 9.17) is 32.7 Å². The Labute approximate surface area is 194 Å². The van der Waals surface area contributed by atoms with Crippen LogP contribution in [0.5, 0.6) is 5.75 Å². The van der Waals surface area contributed by atoms with Gasteiger partial charge in [0.1, 0.15) is 12.3 Å². The number of carbonyl (C=O) groups is 3. The second-order valence-corrected chi connectivity index (χ2v) is 8.65. The molecule has 3 aliphatic rings. The summed E-state index contributed by atoms with van der Waals surface area (Å²) < 4.78 is 11.2. The first-order valence-corrected chi connectivity index (χ1v) is 11.0. The molecule has 3 aliphatic heterocycles. The molecule has 0 aliphatic carbocycles. The lowest BCUT2D eigenvalue weighted by atomic mass is 9.90. The number of dihydropyridines is 1. The third-order valence-electron chi connectivity index (χ3n) is 5.52. The molecular weight excluding hydrogens is 457 g/mol. The van der Waals surface area contributed by atoms with Gasteiger partial charge in [-0.05, 0) is 44.2 Å². The molecule has 3 heterocycles. The Morgan fingerprint density at radius 1 is 1.12 bits per heavy atom. The number of carbonyl (C=O) groups excluding carboxylic acids is 3. The lowest BCUT2D eigenvalue weighted by Crippen LogP contribution is -2.36. The van der Waals surface area contributed by atoms with Crippen LogP contribution in [0.4, 0.5) is 5.69 Å². The van der Waals surface area contributed by atoms with E-state index in [1.54, 1.807) is 6.08 Å². The lowest BCUT2D eigenvalue weighted by Gasteiger charge is -2.24. The summed E-state index contributed by atoms with van der Waals surface area (Å²) in [5, 5.41) is 5.41. The fourth-order valence-corrected chi connectivity index (χ4v) is 4.25. The molecule has 0 radical (unpaired) electrons. The SMILES string of the molecule is CC1=NN(c2cc(Cl)c(OC3=NCC(=O)C(CC4CCOCC4)=C3)c(Cl)c2)C(=O)CC1=O. The van der Waals surface area contributed by atoms with E-state index < -0.39 is 5.91 Å². The number of ether oxygens (including phenoxy) is 2. The molecule has 0 N–H and O–H groups in total. The van der Waals surface area contributed by atoms with E-state index in [2.05, 4.69) is 10.1 Å². The molecule has 0 spiro atoms. The van der Waals surface area contributed by atoms with Crippen LogP contribution < -0.4 is 9.75 Å². The minimum Gasteiger partial charge on any atom is -0.436 e. The van der Waals surface area contributed by atoms with Crippen molar-refractivity contribution < 1.29 is 23.9 Å². The number of aliphatic imine (C=N–C) groups is 1. The molecule has 0 unspecified atom stereocenters. The number of rotatable bonds is 4. The van der Waals surface area contributed by atoms with E-state index in [0.717, 1.165) is 17.9 Å². The normalized spacial score (nSPS) is 20.2. The van der Waals surface area contributed by atoms with E-state index in [9.17, 15) is 14.4 Å². The van der Waals surface area contributed by atoms with Crippen LogP contribution in [0.3, 0.4) is 0 Å². The van der Waals surface area contributed by atoms with Gasteiger partial charge in [-0.2, -0.15) is 10.1 Å². The van der Waals surface area contributed by atoms with Gasteiger partial charge in [0.15, 0.2) is 17.3 Å². The average Bonchev–Trinajstić information content (AvgIpc) is 2.76. The number of benzene rings is 1. The zero-order valence-corrected chi connectivity index (χ0v) is 18.9. The van der Waals surface area contributed by atoms with Crippen molar-refractivity contribution in [3.63, 3.8) is 0 Å². The molecule has 1 fully saturated rings. The van der Waals surface area contributed by atoms with Gasteiger partial charge in [-0.3, -0.25) is 14.4 Å². The van der Waals surface area contributed by atoms with Crippen molar-refractivity contribution >= 4 is 58.0 Å². The Bertz CT molecular complexity index is 1050. The number of anilines is 1. The van der Waals surface area contributed by atoms with E-state index in [1.165, 1.54) is 19.1 Å². The fraction of sp³-hybridized carbons (Fsp3) is 0.409. The maximum absolute atomic E-state index is 12.3. The third kappa shape index (κ3) is 4.92. The predicted octanol–water partition coefficient (Wildman–Crippen LogP) is 3.78. The van der Waals surface area contributed by atoms with Crippen LogP contribution in [0.2, 0.25) is 10.0 Å². The van der Waals surface area contributed by atoms with Gasteiger partial charge in [-0.15, -0.1) is 0 Å². The average molecular weight is 478 g/mol. The summed E-state index contributed by atoms with van der Waals surface area (Å²) in [5.74, 6) is -0.0239. The number of Topliss-reactive ketones (excluding diaryl/α,β-unsaturated/α-hetero) is 2. The van der Waals surface area contributed by atoms with Gasteiger partial charge in [0, 0.05) is 24.9 Å². The Morgan fingerprint density at radius 2 is 1.81 bits per heavy atom. The Morgan fingerprint density at radius 3 is 2.50 bits per heavy atom. The van der Waals surface area contributed by atoms with Crippen molar-refractivity contribution in [2.45, 2.75) is 32.6 Å². The van der Waals surface area contributed by atoms with Crippen LogP contribution in [-0.4, -0.2) is 48.8 Å². The van der Waals surface area contributed by atoms with Gasteiger partial charge in [-0.25, -0.2) is 4.99 Å². The van der Waals surface area contributed by atoms with E-state index in [0.29, 0.717) is 36.8 Å². The smallest absolute Gasteiger partial charge is 0.255 e. The molecule has 32 heavy (non-hydrogen) atoms. The maximum atomic E-state index is 12.3. The third-order valence-corrected chi connectivity index (χ3v) is 6.08. The van der Waals surface area contributed by atoms with Gasteiger partial charge in [0.05, 0.1) is 22.2 Å². The first kappa shape index (κ1) is 22.6. The molecule has 1 aromatic rings. The van der Waals surface area contributed by atoms with Crippen molar-refractivity contribution in [1.82, 2.24) is 0 Å². The number of hydrogen-bond acceptors (Lipinski definition) is 7. The number of hydrogen-bond donors (Lipinski definition) is 0. The zero-order valence-electron chi connectivity index (χ0n) is 17.4. The summed E-state index contributed by atoms with van der Waals surface area (Å²) in [4.78, 5) is 40.4. The molecule has 1 aromatic carbocycles. The Kier molecular flexibility index (Phi) is 6.74. The zero-order chi connectivity index (χ0) is 22.8. The van der Waals surface area contributed by atoms with Gasteiger partial charge >= 0.3 is 0 Å². The van der Waals surface area contributed by atoms with Crippen molar-refractivity contribution in [1.29, 1.82) is 0 Å². The fourth-order valence-electron chi connectivity index (χ4n) is 3.70. The Balaban J connectivity index is 1.53. The van der Waals surface area contributed by atoms with E-state index in [1.807, 2.05) is 0 Å². The van der Waals surface area contributed by atoms with Crippen LogP contribution in [0, 0.1) is 5.92 Å². The number of amides is 1.